The zero-order chi connectivity index (χ0) is 13.3. The van der Waals surface area contributed by atoms with Crippen LogP contribution >= 0.6 is 11.6 Å². The smallest absolute Gasteiger partial charge is 0.265 e. The van der Waals surface area contributed by atoms with Gasteiger partial charge in [0.05, 0.1) is 5.69 Å². The van der Waals surface area contributed by atoms with Crippen molar-refractivity contribution in [3.8, 4) is 5.75 Å². The van der Waals surface area contributed by atoms with Gasteiger partial charge in [-0.05, 0) is 18.2 Å². The second-order valence-corrected chi connectivity index (χ2v) is 4.61. The van der Waals surface area contributed by atoms with E-state index in [0.29, 0.717) is 16.5 Å². The fourth-order valence-electron chi connectivity index (χ4n) is 1.63. The molecule has 0 fully saturated rings. The Balaban J connectivity index is 2.33. The van der Waals surface area contributed by atoms with E-state index < -0.39 is 0 Å². The number of likely N-dealkylation sites (N-methyl/N-ethyl adjacent to an activating group) is 1. The van der Waals surface area contributed by atoms with E-state index in [2.05, 4.69) is 0 Å². The Morgan fingerprint density at radius 3 is 2.89 bits per heavy atom. The van der Waals surface area contributed by atoms with Crippen LogP contribution in [-0.4, -0.2) is 44.0 Å². The first-order chi connectivity index (χ1) is 8.49. The fourth-order valence-corrected chi connectivity index (χ4v) is 1.79. The van der Waals surface area contributed by atoms with Gasteiger partial charge in [-0.25, -0.2) is 0 Å². The molecule has 1 aliphatic rings. The van der Waals surface area contributed by atoms with Crippen LogP contribution in [0, 0.1) is 0 Å². The third-order valence-corrected chi connectivity index (χ3v) is 2.89. The van der Waals surface area contributed by atoms with Crippen molar-refractivity contribution in [2.75, 3.05) is 32.1 Å². The molecule has 18 heavy (non-hydrogen) atoms. The lowest BCUT2D eigenvalue weighted by atomic mass is 10.2. The summed E-state index contributed by atoms with van der Waals surface area (Å²) in [4.78, 5) is 26.4. The minimum atomic E-state index is -0.250. The molecule has 1 aromatic rings. The summed E-state index contributed by atoms with van der Waals surface area (Å²) in [7, 11) is 3.29. The third kappa shape index (κ3) is 2.41. The van der Waals surface area contributed by atoms with Gasteiger partial charge in [-0.2, -0.15) is 0 Å². The van der Waals surface area contributed by atoms with Crippen LogP contribution in [0.3, 0.4) is 0 Å². The Morgan fingerprint density at radius 1 is 1.50 bits per heavy atom. The van der Waals surface area contributed by atoms with E-state index in [9.17, 15) is 9.59 Å². The Kier molecular flexibility index (Phi) is 3.43. The van der Waals surface area contributed by atoms with E-state index in [1.54, 1.807) is 32.3 Å². The summed E-state index contributed by atoms with van der Waals surface area (Å²) in [6.07, 6.45) is 0. The molecule has 96 valence electrons. The molecular weight excluding hydrogens is 256 g/mol. The highest BCUT2D eigenvalue weighted by Gasteiger charge is 2.27. The van der Waals surface area contributed by atoms with Crippen LogP contribution in [0.4, 0.5) is 5.69 Å². The number of carbonyl (C=O) groups is 2. The number of fused-ring (bicyclic) bond motifs is 1. The molecule has 0 saturated heterocycles. The molecule has 0 N–H and O–H groups in total. The molecule has 6 heteroatoms. The van der Waals surface area contributed by atoms with Gasteiger partial charge in [0.15, 0.2) is 6.61 Å². The van der Waals surface area contributed by atoms with Crippen molar-refractivity contribution in [3.05, 3.63) is 23.2 Å². The largest absolute Gasteiger partial charge is 0.482 e. The Bertz CT molecular complexity index is 502. The predicted octanol–water partition coefficient (Wildman–Crippen LogP) is 1.15. The summed E-state index contributed by atoms with van der Waals surface area (Å²) >= 11 is 5.90. The molecule has 1 aromatic carbocycles. The number of ether oxygens (including phenoxy) is 1. The average molecular weight is 269 g/mol. The molecule has 1 aliphatic heterocycles. The normalized spacial score (nSPS) is 13.9. The number of anilines is 1. The third-order valence-electron chi connectivity index (χ3n) is 2.66. The van der Waals surface area contributed by atoms with Crippen molar-refractivity contribution < 1.29 is 14.3 Å². The number of carbonyl (C=O) groups excluding carboxylic acids is 2. The van der Waals surface area contributed by atoms with Crippen molar-refractivity contribution in [1.82, 2.24) is 4.90 Å². The highest BCUT2D eigenvalue weighted by Crippen LogP contribution is 2.34. The lowest BCUT2D eigenvalue weighted by Crippen LogP contribution is -2.44. The summed E-state index contributed by atoms with van der Waals surface area (Å²) in [6.45, 7) is -0.0716. The van der Waals surface area contributed by atoms with Gasteiger partial charge in [0, 0.05) is 19.1 Å². The molecule has 0 unspecified atom stereocenters. The number of nitrogens with zero attached hydrogens (tertiary/aromatic N) is 2. The van der Waals surface area contributed by atoms with E-state index in [0.717, 1.165) is 0 Å². The predicted molar refractivity (Wildman–Crippen MR) is 68.0 cm³/mol. The molecule has 5 nitrogen and oxygen atoms in total. The highest BCUT2D eigenvalue weighted by molar-refractivity contribution is 6.31. The number of benzene rings is 1. The molecule has 1 heterocycles. The zero-order valence-electron chi connectivity index (χ0n) is 10.1. The van der Waals surface area contributed by atoms with Gasteiger partial charge < -0.3 is 9.64 Å². The van der Waals surface area contributed by atoms with Crippen molar-refractivity contribution in [2.24, 2.45) is 0 Å². The number of hydrogen-bond donors (Lipinski definition) is 0. The van der Waals surface area contributed by atoms with Gasteiger partial charge in [-0.15, -0.1) is 0 Å². The number of amides is 2. The van der Waals surface area contributed by atoms with E-state index >= 15 is 0 Å². The molecule has 0 atom stereocenters. The SMILES string of the molecule is CN(C)C(=O)CN1C(=O)COc2ccc(Cl)cc21. The second kappa shape index (κ2) is 4.86. The van der Waals surface area contributed by atoms with E-state index in [4.69, 9.17) is 16.3 Å². The number of rotatable bonds is 2. The van der Waals surface area contributed by atoms with Crippen LogP contribution < -0.4 is 9.64 Å². The van der Waals surface area contributed by atoms with Crippen molar-refractivity contribution in [3.63, 3.8) is 0 Å². The Morgan fingerprint density at radius 2 is 2.22 bits per heavy atom. The minimum absolute atomic E-state index is 0.0114. The molecule has 0 radical (unpaired) electrons. The average Bonchev–Trinajstić information content (AvgIpc) is 2.32. The second-order valence-electron chi connectivity index (χ2n) is 4.17. The maximum Gasteiger partial charge on any atom is 0.265 e. The van der Waals surface area contributed by atoms with Crippen LogP contribution in [0.15, 0.2) is 18.2 Å². The van der Waals surface area contributed by atoms with Gasteiger partial charge in [0.1, 0.15) is 12.3 Å². The van der Waals surface area contributed by atoms with Crippen molar-refractivity contribution >= 4 is 29.1 Å². The molecule has 0 aromatic heterocycles. The first kappa shape index (κ1) is 12.7. The fraction of sp³-hybridized carbons (Fsp3) is 0.333. The summed E-state index contributed by atoms with van der Waals surface area (Å²) < 4.78 is 5.29. The maximum atomic E-state index is 11.8. The first-order valence-electron chi connectivity index (χ1n) is 5.42. The molecule has 0 saturated carbocycles. The van der Waals surface area contributed by atoms with Crippen LogP contribution in [0.1, 0.15) is 0 Å². The molecule has 0 bridgehead atoms. The minimum Gasteiger partial charge on any atom is -0.482 e. The van der Waals surface area contributed by atoms with Crippen molar-refractivity contribution in [2.45, 2.75) is 0 Å². The van der Waals surface area contributed by atoms with Gasteiger partial charge in [0.2, 0.25) is 5.91 Å². The van der Waals surface area contributed by atoms with E-state index in [1.165, 1.54) is 9.80 Å². The summed E-state index contributed by atoms with van der Waals surface area (Å²) in [5.41, 5.74) is 0.536. The van der Waals surface area contributed by atoms with Gasteiger partial charge in [-0.1, -0.05) is 11.6 Å². The monoisotopic (exact) mass is 268 g/mol. The zero-order valence-corrected chi connectivity index (χ0v) is 10.9. The van der Waals surface area contributed by atoms with Crippen molar-refractivity contribution in [1.29, 1.82) is 0 Å². The Labute approximate surface area is 110 Å². The maximum absolute atomic E-state index is 11.8. The molecular formula is C12H13ClN2O3. The molecule has 0 aliphatic carbocycles. The first-order valence-corrected chi connectivity index (χ1v) is 5.79. The quantitative estimate of drug-likeness (QED) is 0.809. The number of hydrogen-bond acceptors (Lipinski definition) is 3. The molecule has 2 amide bonds. The van der Waals surface area contributed by atoms with Crippen LogP contribution in [0.25, 0.3) is 0 Å². The Hall–Kier alpha value is -1.75. The lowest BCUT2D eigenvalue weighted by Gasteiger charge is -2.29. The standard InChI is InChI=1S/C12H13ClN2O3/c1-14(2)11(16)6-15-9-5-8(13)3-4-10(9)18-7-12(15)17/h3-5H,6-7H2,1-2H3. The van der Waals surface area contributed by atoms with Gasteiger partial charge in [-0.3, -0.25) is 14.5 Å². The summed E-state index contributed by atoms with van der Waals surface area (Å²) in [6, 6.07) is 5.00. The molecule has 2 rings (SSSR count). The van der Waals surface area contributed by atoms with Crippen LogP contribution in [-0.2, 0) is 9.59 Å². The summed E-state index contributed by atoms with van der Waals surface area (Å²) in [5, 5.41) is 0.495. The van der Waals surface area contributed by atoms with E-state index in [-0.39, 0.29) is 25.0 Å². The van der Waals surface area contributed by atoms with Crippen LogP contribution in [0.2, 0.25) is 5.02 Å². The topological polar surface area (TPSA) is 49.9 Å². The van der Waals surface area contributed by atoms with Gasteiger partial charge in [0.25, 0.3) is 5.91 Å². The van der Waals surface area contributed by atoms with E-state index in [1.807, 2.05) is 0 Å². The lowest BCUT2D eigenvalue weighted by molar-refractivity contribution is -0.130. The summed E-state index contributed by atoms with van der Waals surface area (Å²) in [5.74, 6) is 0.154. The van der Waals surface area contributed by atoms with Crippen LogP contribution in [0.5, 0.6) is 5.75 Å². The molecule has 0 spiro atoms. The number of halogens is 1. The highest BCUT2D eigenvalue weighted by atomic mass is 35.5. The van der Waals surface area contributed by atoms with Gasteiger partial charge >= 0.3 is 0 Å².